The summed E-state index contributed by atoms with van der Waals surface area (Å²) in [6.07, 6.45) is 8.86. The largest absolute Gasteiger partial charge is 0.478 e. The molecule has 1 aliphatic carbocycles. The Hall–Kier alpha value is -1.23. The summed E-state index contributed by atoms with van der Waals surface area (Å²) in [5.74, 6) is -0.915. The number of pyridine rings is 1. The zero-order valence-corrected chi connectivity index (χ0v) is 10.6. The van der Waals surface area contributed by atoms with Crippen molar-refractivity contribution in [1.82, 2.24) is 4.98 Å². The van der Waals surface area contributed by atoms with Crippen LogP contribution in [0.2, 0.25) is 0 Å². The molecule has 0 bridgehead atoms. The number of anilines is 1. The van der Waals surface area contributed by atoms with E-state index < -0.39 is 5.97 Å². The highest BCUT2D eigenvalue weighted by atomic mass is 32.2. The molecule has 0 aliphatic heterocycles. The van der Waals surface area contributed by atoms with Crippen LogP contribution >= 0.6 is 11.8 Å². The van der Waals surface area contributed by atoms with Gasteiger partial charge in [-0.1, -0.05) is 6.42 Å². The van der Waals surface area contributed by atoms with E-state index in [1.165, 1.54) is 31.5 Å². The van der Waals surface area contributed by atoms with E-state index in [4.69, 9.17) is 5.11 Å². The summed E-state index contributed by atoms with van der Waals surface area (Å²) in [4.78, 5) is 15.0. The van der Waals surface area contributed by atoms with Crippen LogP contribution in [0.5, 0.6) is 0 Å². The lowest BCUT2D eigenvalue weighted by Gasteiger charge is -2.40. The first-order valence-corrected chi connectivity index (χ1v) is 6.86. The standard InChI is InChI=1S/C12H16N2O2S/c1-17-12(4-2-5-12)8-14-10-7-13-6-3-9(10)11(15)16/h3,6-7,14H,2,4-5,8H2,1H3,(H,15,16). The highest BCUT2D eigenvalue weighted by Gasteiger charge is 2.35. The molecule has 0 aromatic carbocycles. The maximum absolute atomic E-state index is 11.0. The van der Waals surface area contributed by atoms with Gasteiger partial charge < -0.3 is 10.4 Å². The molecular formula is C12H16N2O2S. The minimum atomic E-state index is -0.915. The fraction of sp³-hybridized carbons (Fsp3) is 0.500. The van der Waals surface area contributed by atoms with Crippen molar-refractivity contribution in [3.63, 3.8) is 0 Å². The van der Waals surface area contributed by atoms with E-state index in [0.717, 1.165) is 6.54 Å². The summed E-state index contributed by atoms with van der Waals surface area (Å²) < 4.78 is 0.283. The molecule has 0 spiro atoms. The van der Waals surface area contributed by atoms with Crippen LogP contribution < -0.4 is 5.32 Å². The van der Waals surface area contributed by atoms with E-state index in [0.29, 0.717) is 5.69 Å². The monoisotopic (exact) mass is 252 g/mol. The molecule has 1 fully saturated rings. The minimum Gasteiger partial charge on any atom is -0.478 e. The van der Waals surface area contributed by atoms with E-state index in [-0.39, 0.29) is 10.3 Å². The number of aromatic carboxylic acids is 1. The predicted octanol–water partition coefficient (Wildman–Crippen LogP) is 2.48. The van der Waals surface area contributed by atoms with Crippen molar-refractivity contribution >= 4 is 23.4 Å². The smallest absolute Gasteiger partial charge is 0.337 e. The van der Waals surface area contributed by atoms with Gasteiger partial charge in [-0.05, 0) is 25.2 Å². The van der Waals surface area contributed by atoms with Gasteiger partial charge in [-0.3, -0.25) is 4.98 Å². The van der Waals surface area contributed by atoms with Gasteiger partial charge in [0.2, 0.25) is 0 Å². The highest BCUT2D eigenvalue weighted by Crippen LogP contribution is 2.42. The van der Waals surface area contributed by atoms with Crippen molar-refractivity contribution < 1.29 is 9.90 Å². The number of rotatable bonds is 5. The molecule has 2 rings (SSSR count). The van der Waals surface area contributed by atoms with E-state index in [1.54, 1.807) is 6.20 Å². The molecule has 4 nitrogen and oxygen atoms in total. The molecule has 1 aliphatic rings. The quantitative estimate of drug-likeness (QED) is 0.843. The molecule has 1 saturated carbocycles. The first-order valence-electron chi connectivity index (χ1n) is 5.63. The second-order valence-electron chi connectivity index (χ2n) is 4.32. The number of hydrogen-bond donors (Lipinski definition) is 2. The van der Waals surface area contributed by atoms with Crippen molar-refractivity contribution in [2.24, 2.45) is 0 Å². The van der Waals surface area contributed by atoms with Gasteiger partial charge in [-0.2, -0.15) is 11.8 Å². The third-order valence-corrected chi connectivity index (χ3v) is 4.77. The van der Waals surface area contributed by atoms with Crippen molar-refractivity contribution in [2.45, 2.75) is 24.0 Å². The summed E-state index contributed by atoms with van der Waals surface area (Å²) in [7, 11) is 0. The van der Waals surface area contributed by atoms with Crippen molar-refractivity contribution in [3.05, 3.63) is 24.0 Å². The number of carboxylic acid groups (broad SMARTS) is 1. The zero-order valence-electron chi connectivity index (χ0n) is 9.77. The van der Waals surface area contributed by atoms with Crippen LogP contribution in [-0.4, -0.2) is 33.6 Å². The van der Waals surface area contributed by atoms with Crippen LogP contribution in [0, 0.1) is 0 Å². The lowest BCUT2D eigenvalue weighted by molar-refractivity contribution is 0.0698. The van der Waals surface area contributed by atoms with Gasteiger partial charge in [0.15, 0.2) is 0 Å². The number of nitrogens with one attached hydrogen (secondary N) is 1. The fourth-order valence-corrected chi connectivity index (χ4v) is 2.92. The normalized spacial score (nSPS) is 17.2. The third-order valence-electron chi connectivity index (χ3n) is 3.35. The van der Waals surface area contributed by atoms with E-state index in [2.05, 4.69) is 16.6 Å². The van der Waals surface area contributed by atoms with E-state index >= 15 is 0 Å². The molecule has 0 unspecified atom stereocenters. The average molecular weight is 252 g/mol. The molecule has 0 amide bonds. The molecule has 5 heteroatoms. The van der Waals surface area contributed by atoms with Gasteiger partial charge in [0, 0.05) is 17.5 Å². The fourth-order valence-electron chi connectivity index (χ4n) is 2.00. The molecule has 1 aromatic heterocycles. The van der Waals surface area contributed by atoms with Crippen molar-refractivity contribution in [2.75, 3.05) is 18.1 Å². The van der Waals surface area contributed by atoms with Crippen LogP contribution in [-0.2, 0) is 0 Å². The first kappa shape index (κ1) is 12.2. The zero-order chi connectivity index (χ0) is 12.3. The topological polar surface area (TPSA) is 62.2 Å². The van der Waals surface area contributed by atoms with Gasteiger partial charge in [-0.15, -0.1) is 0 Å². The molecular weight excluding hydrogens is 236 g/mol. The lowest BCUT2D eigenvalue weighted by atomic mass is 9.84. The van der Waals surface area contributed by atoms with Crippen LogP contribution in [0.4, 0.5) is 5.69 Å². The van der Waals surface area contributed by atoms with Gasteiger partial charge in [0.25, 0.3) is 0 Å². The summed E-state index contributed by atoms with van der Waals surface area (Å²) in [6, 6.07) is 1.53. The number of aromatic nitrogens is 1. The van der Waals surface area contributed by atoms with E-state index in [9.17, 15) is 4.79 Å². The molecule has 92 valence electrons. The number of hydrogen-bond acceptors (Lipinski definition) is 4. The van der Waals surface area contributed by atoms with Crippen molar-refractivity contribution in [3.8, 4) is 0 Å². The van der Waals surface area contributed by atoms with E-state index in [1.807, 2.05) is 11.8 Å². The predicted molar refractivity (Wildman–Crippen MR) is 69.8 cm³/mol. The van der Waals surface area contributed by atoms with Crippen LogP contribution in [0.25, 0.3) is 0 Å². The lowest BCUT2D eigenvalue weighted by Crippen LogP contribution is -2.40. The molecule has 1 heterocycles. The van der Waals surface area contributed by atoms with Crippen LogP contribution in [0.3, 0.4) is 0 Å². The first-order chi connectivity index (χ1) is 8.17. The Morgan fingerprint density at radius 2 is 2.41 bits per heavy atom. The molecule has 2 N–H and O–H groups in total. The van der Waals surface area contributed by atoms with Gasteiger partial charge >= 0.3 is 5.97 Å². The molecule has 0 atom stereocenters. The van der Waals surface area contributed by atoms with Crippen molar-refractivity contribution in [1.29, 1.82) is 0 Å². The Morgan fingerprint density at radius 3 is 2.94 bits per heavy atom. The number of nitrogens with zero attached hydrogens (tertiary/aromatic N) is 1. The summed E-state index contributed by atoms with van der Waals surface area (Å²) in [6.45, 7) is 0.806. The molecule has 17 heavy (non-hydrogen) atoms. The number of carboxylic acids is 1. The Labute approximate surface area is 105 Å². The number of carbonyl (C=O) groups is 1. The maximum atomic E-state index is 11.0. The second kappa shape index (κ2) is 4.96. The third kappa shape index (κ3) is 2.54. The SMILES string of the molecule is CSC1(CNc2cnccc2C(=O)O)CCC1. The second-order valence-corrected chi connectivity index (χ2v) is 5.59. The highest BCUT2D eigenvalue weighted by molar-refractivity contribution is 8.00. The Balaban J connectivity index is 2.06. The Morgan fingerprint density at radius 1 is 1.65 bits per heavy atom. The molecule has 0 radical (unpaired) electrons. The van der Waals surface area contributed by atoms with Gasteiger partial charge in [0.1, 0.15) is 0 Å². The Bertz CT molecular complexity index is 413. The minimum absolute atomic E-state index is 0.283. The average Bonchev–Trinajstić information content (AvgIpc) is 2.28. The number of thioether (sulfide) groups is 1. The van der Waals surface area contributed by atoms with Gasteiger partial charge in [-0.25, -0.2) is 4.79 Å². The van der Waals surface area contributed by atoms with Gasteiger partial charge in [0.05, 0.1) is 17.4 Å². The summed E-state index contributed by atoms with van der Waals surface area (Å²) in [5, 5.41) is 12.3. The molecule has 0 saturated heterocycles. The Kier molecular flexibility index (Phi) is 3.57. The maximum Gasteiger partial charge on any atom is 0.337 e. The summed E-state index contributed by atoms with van der Waals surface area (Å²) in [5.41, 5.74) is 0.899. The van der Waals surface area contributed by atoms with Crippen LogP contribution in [0.15, 0.2) is 18.5 Å². The van der Waals surface area contributed by atoms with Crippen LogP contribution in [0.1, 0.15) is 29.6 Å². The summed E-state index contributed by atoms with van der Waals surface area (Å²) >= 11 is 1.86. The molecule has 1 aromatic rings.